The number of hydrogen-bond acceptors (Lipinski definition) is 3. The van der Waals surface area contributed by atoms with Crippen LogP contribution in [0, 0.1) is 0 Å². The van der Waals surface area contributed by atoms with Crippen LogP contribution in [-0.4, -0.2) is 37.0 Å². The van der Waals surface area contributed by atoms with Crippen LogP contribution in [0.25, 0.3) is 0 Å². The number of nitrogens with zero attached hydrogens (tertiary/aromatic N) is 1. The molecule has 0 saturated carbocycles. The van der Waals surface area contributed by atoms with Crippen LogP contribution in [0.15, 0.2) is 18.2 Å². The summed E-state index contributed by atoms with van der Waals surface area (Å²) in [4.78, 5) is 14.1. The highest BCUT2D eigenvalue weighted by Crippen LogP contribution is 2.26. The number of carbonyl (C=O) groups excluding carboxylic acids is 1. The Morgan fingerprint density at radius 3 is 2.80 bits per heavy atom. The minimum Gasteiger partial charge on any atom is -0.496 e. The molecule has 4 nitrogen and oxygen atoms in total. The van der Waals surface area contributed by atoms with Gasteiger partial charge in [-0.05, 0) is 31.9 Å². The second-order valence-corrected chi connectivity index (χ2v) is 5.46. The maximum absolute atomic E-state index is 12.2. The Bertz CT molecular complexity index is 473. The van der Waals surface area contributed by atoms with Crippen molar-refractivity contribution in [2.24, 2.45) is 0 Å². The zero-order chi connectivity index (χ0) is 14.5. The van der Waals surface area contributed by atoms with Gasteiger partial charge in [-0.1, -0.05) is 17.7 Å². The summed E-state index contributed by atoms with van der Waals surface area (Å²) in [5, 5.41) is 3.89. The monoisotopic (exact) mass is 296 g/mol. The van der Waals surface area contributed by atoms with E-state index in [1.54, 1.807) is 7.11 Å². The molecule has 0 bridgehead atoms. The van der Waals surface area contributed by atoms with Crippen molar-refractivity contribution in [2.75, 3.05) is 20.2 Å². The van der Waals surface area contributed by atoms with Crippen LogP contribution in [0.1, 0.15) is 25.3 Å². The highest BCUT2D eigenvalue weighted by Gasteiger charge is 2.23. The predicted octanol–water partition coefficient (Wildman–Crippen LogP) is 2.45. The summed E-state index contributed by atoms with van der Waals surface area (Å²) in [6, 6.07) is 5.34. The van der Waals surface area contributed by atoms with E-state index in [2.05, 4.69) is 5.32 Å². The lowest BCUT2D eigenvalue weighted by atomic mass is 10.2. The van der Waals surface area contributed by atoms with Crippen LogP contribution in [0.3, 0.4) is 0 Å². The quantitative estimate of drug-likeness (QED) is 0.907. The van der Waals surface area contributed by atoms with Gasteiger partial charge in [0.05, 0.1) is 13.2 Å². The van der Waals surface area contributed by atoms with Gasteiger partial charge < -0.3 is 15.0 Å². The number of rotatable bonds is 5. The number of likely N-dealkylation sites (tertiary alicyclic amines) is 1. The Morgan fingerprint density at radius 1 is 1.45 bits per heavy atom. The smallest absolute Gasteiger partial charge is 0.239 e. The van der Waals surface area contributed by atoms with Crippen molar-refractivity contribution in [3.8, 4) is 5.75 Å². The van der Waals surface area contributed by atoms with Crippen LogP contribution >= 0.6 is 11.6 Å². The van der Waals surface area contributed by atoms with Gasteiger partial charge in [-0.25, -0.2) is 0 Å². The molecule has 1 aliphatic heterocycles. The highest BCUT2D eigenvalue weighted by atomic mass is 35.5. The standard InChI is InChI=1S/C15H21ClN2O2/c1-11(15(19)18-8-3-4-9-18)17-10-12-13(16)6-5-7-14(12)20-2/h5-7,11,17H,3-4,8-10H2,1-2H3. The van der Waals surface area contributed by atoms with Gasteiger partial charge in [0.15, 0.2) is 0 Å². The van der Waals surface area contributed by atoms with Crippen LogP contribution in [0.4, 0.5) is 0 Å². The lowest BCUT2D eigenvalue weighted by molar-refractivity contribution is -0.131. The van der Waals surface area contributed by atoms with Crippen molar-refractivity contribution >= 4 is 17.5 Å². The molecule has 1 amide bonds. The second-order valence-electron chi connectivity index (χ2n) is 5.06. The maximum atomic E-state index is 12.2. The number of nitrogens with one attached hydrogen (secondary N) is 1. The van der Waals surface area contributed by atoms with Crippen molar-refractivity contribution in [1.82, 2.24) is 10.2 Å². The molecule has 5 heteroatoms. The van der Waals surface area contributed by atoms with Gasteiger partial charge in [0, 0.05) is 30.2 Å². The molecule has 110 valence electrons. The van der Waals surface area contributed by atoms with Gasteiger partial charge in [0.1, 0.15) is 5.75 Å². The number of methoxy groups -OCH3 is 1. The molecule has 2 rings (SSSR count). The normalized spacial score (nSPS) is 16.2. The Morgan fingerprint density at radius 2 is 2.15 bits per heavy atom. The predicted molar refractivity (Wildman–Crippen MR) is 80.1 cm³/mol. The fourth-order valence-corrected chi connectivity index (χ4v) is 2.69. The molecular formula is C15H21ClN2O2. The van der Waals surface area contributed by atoms with Crippen molar-refractivity contribution in [3.05, 3.63) is 28.8 Å². The van der Waals surface area contributed by atoms with E-state index in [9.17, 15) is 4.79 Å². The number of amides is 1. The van der Waals surface area contributed by atoms with Gasteiger partial charge in [0.25, 0.3) is 0 Å². The summed E-state index contributed by atoms with van der Waals surface area (Å²) in [5.41, 5.74) is 0.887. The summed E-state index contributed by atoms with van der Waals surface area (Å²) >= 11 is 6.18. The molecule has 1 aliphatic rings. The SMILES string of the molecule is COc1cccc(Cl)c1CNC(C)C(=O)N1CCCC1. The van der Waals surface area contributed by atoms with Crippen molar-refractivity contribution in [2.45, 2.75) is 32.4 Å². The van der Waals surface area contributed by atoms with Gasteiger partial charge in [-0.3, -0.25) is 4.79 Å². The largest absolute Gasteiger partial charge is 0.496 e. The molecule has 1 unspecified atom stereocenters. The van der Waals surface area contributed by atoms with E-state index >= 15 is 0 Å². The topological polar surface area (TPSA) is 41.6 Å². The van der Waals surface area contributed by atoms with E-state index in [1.165, 1.54) is 0 Å². The van der Waals surface area contributed by atoms with Gasteiger partial charge >= 0.3 is 0 Å². The van der Waals surface area contributed by atoms with Crippen molar-refractivity contribution in [1.29, 1.82) is 0 Å². The molecule has 0 spiro atoms. The first-order chi connectivity index (χ1) is 9.63. The second kappa shape index (κ2) is 6.95. The number of hydrogen-bond donors (Lipinski definition) is 1. The van der Waals surface area contributed by atoms with Gasteiger partial charge in [-0.2, -0.15) is 0 Å². The maximum Gasteiger partial charge on any atom is 0.239 e. The minimum absolute atomic E-state index is 0.161. The first-order valence-electron chi connectivity index (χ1n) is 6.97. The molecule has 20 heavy (non-hydrogen) atoms. The molecule has 1 fully saturated rings. The third kappa shape index (κ3) is 3.44. The molecular weight excluding hydrogens is 276 g/mol. The highest BCUT2D eigenvalue weighted by molar-refractivity contribution is 6.31. The summed E-state index contributed by atoms with van der Waals surface area (Å²) in [6.45, 7) is 4.16. The Hall–Kier alpha value is -1.26. The average molecular weight is 297 g/mol. The third-order valence-electron chi connectivity index (χ3n) is 3.67. The summed E-state index contributed by atoms with van der Waals surface area (Å²) in [5.74, 6) is 0.902. The zero-order valence-electron chi connectivity index (χ0n) is 12.0. The van der Waals surface area contributed by atoms with Crippen LogP contribution in [0.5, 0.6) is 5.75 Å². The van der Waals surface area contributed by atoms with E-state index in [-0.39, 0.29) is 11.9 Å². The molecule has 1 aromatic rings. The number of carbonyl (C=O) groups is 1. The van der Waals surface area contributed by atoms with Crippen LogP contribution in [0.2, 0.25) is 5.02 Å². The lowest BCUT2D eigenvalue weighted by Crippen LogP contribution is -2.43. The van der Waals surface area contributed by atoms with Crippen LogP contribution < -0.4 is 10.1 Å². The summed E-state index contributed by atoms with van der Waals surface area (Å²) < 4.78 is 5.30. The van der Waals surface area contributed by atoms with Gasteiger partial charge in [-0.15, -0.1) is 0 Å². The van der Waals surface area contributed by atoms with E-state index in [0.717, 1.165) is 37.2 Å². The molecule has 0 radical (unpaired) electrons. The minimum atomic E-state index is -0.214. The first-order valence-corrected chi connectivity index (χ1v) is 7.35. The zero-order valence-corrected chi connectivity index (χ0v) is 12.7. The lowest BCUT2D eigenvalue weighted by Gasteiger charge is -2.21. The van der Waals surface area contributed by atoms with E-state index in [1.807, 2.05) is 30.0 Å². The van der Waals surface area contributed by atoms with E-state index in [0.29, 0.717) is 11.6 Å². The number of benzene rings is 1. The fraction of sp³-hybridized carbons (Fsp3) is 0.533. The molecule has 1 heterocycles. The summed E-state index contributed by atoms with van der Waals surface area (Å²) in [7, 11) is 1.62. The Kier molecular flexibility index (Phi) is 5.26. The molecule has 1 saturated heterocycles. The third-order valence-corrected chi connectivity index (χ3v) is 4.02. The fourth-order valence-electron chi connectivity index (χ4n) is 2.46. The molecule has 0 aromatic heterocycles. The van der Waals surface area contributed by atoms with E-state index in [4.69, 9.17) is 16.3 Å². The molecule has 1 aromatic carbocycles. The molecule has 1 atom stereocenters. The van der Waals surface area contributed by atoms with E-state index < -0.39 is 0 Å². The van der Waals surface area contributed by atoms with Crippen molar-refractivity contribution in [3.63, 3.8) is 0 Å². The Labute approximate surface area is 125 Å². The Balaban J connectivity index is 1.96. The molecule has 0 aliphatic carbocycles. The summed E-state index contributed by atoms with van der Waals surface area (Å²) in [6.07, 6.45) is 2.22. The van der Waals surface area contributed by atoms with Crippen LogP contribution in [-0.2, 0) is 11.3 Å². The number of ether oxygens (including phenoxy) is 1. The first kappa shape index (κ1) is 15.1. The van der Waals surface area contributed by atoms with Crippen molar-refractivity contribution < 1.29 is 9.53 Å². The number of halogens is 1. The molecule has 1 N–H and O–H groups in total. The average Bonchev–Trinajstić information content (AvgIpc) is 2.98. The van der Waals surface area contributed by atoms with Gasteiger partial charge in [0.2, 0.25) is 5.91 Å².